The summed E-state index contributed by atoms with van der Waals surface area (Å²) in [6, 6.07) is 8.32. The number of carboxylic acids is 1. The van der Waals surface area contributed by atoms with Crippen molar-refractivity contribution in [3.63, 3.8) is 0 Å². The number of carboxylic acid groups (broad SMARTS) is 1. The zero-order chi connectivity index (χ0) is 13.4. The van der Waals surface area contributed by atoms with E-state index in [1.54, 1.807) is 30.3 Å². The first-order chi connectivity index (χ1) is 8.36. The van der Waals surface area contributed by atoms with Crippen LogP contribution in [-0.2, 0) is 20.4 Å². The van der Waals surface area contributed by atoms with Gasteiger partial charge in [-0.15, -0.1) is 0 Å². The highest BCUT2D eigenvalue weighted by Gasteiger charge is 2.44. The third kappa shape index (κ3) is 2.39. The van der Waals surface area contributed by atoms with Crippen LogP contribution in [0.1, 0.15) is 25.3 Å². The molecule has 2 N–H and O–H groups in total. The van der Waals surface area contributed by atoms with Crippen molar-refractivity contribution in [1.29, 1.82) is 0 Å². The topological polar surface area (TPSA) is 83.5 Å². The highest BCUT2D eigenvalue weighted by atomic mass is 32.2. The van der Waals surface area contributed by atoms with Gasteiger partial charge in [-0.05, 0) is 25.3 Å². The fraction of sp³-hybridized carbons (Fsp3) is 0.417. The second-order valence-corrected chi connectivity index (χ2v) is 6.60. The molecule has 0 heterocycles. The van der Waals surface area contributed by atoms with Crippen LogP contribution >= 0.6 is 0 Å². The third-order valence-corrected chi connectivity index (χ3v) is 5.13. The lowest BCUT2D eigenvalue weighted by Gasteiger charge is -2.26. The van der Waals surface area contributed by atoms with Crippen LogP contribution in [0.2, 0.25) is 0 Å². The molecule has 0 amide bonds. The summed E-state index contributed by atoms with van der Waals surface area (Å²) in [7, 11) is -3.57. The molecule has 2 rings (SSSR count). The number of benzene rings is 1. The highest BCUT2D eigenvalue weighted by molar-refractivity contribution is 7.90. The molecular weight excluding hydrogens is 254 g/mol. The van der Waals surface area contributed by atoms with Crippen molar-refractivity contribution < 1.29 is 18.3 Å². The second-order valence-electron chi connectivity index (χ2n) is 4.64. The Morgan fingerprint density at radius 2 is 1.89 bits per heavy atom. The number of rotatable bonds is 5. The number of hydrogen-bond donors (Lipinski definition) is 2. The van der Waals surface area contributed by atoms with Gasteiger partial charge in [0.15, 0.2) is 5.54 Å². The zero-order valence-corrected chi connectivity index (χ0v) is 10.8. The maximum absolute atomic E-state index is 11.9. The molecule has 0 bridgehead atoms. The fourth-order valence-corrected chi connectivity index (χ4v) is 3.44. The van der Waals surface area contributed by atoms with Crippen molar-refractivity contribution in [3.05, 3.63) is 35.9 Å². The smallest absolute Gasteiger partial charge is 0.329 e. The lowest BCUT2D eigenvalue weighted by Crippen LogP contribution is -2.50. The van der Waals surface area contributed by atoms with Crippen LogP contribution in [0.25, 0.3) is 0 Å². The Kier molecular flexibility index (Phi) is 3.16. The van der Waals surface area contributed by atoms with E-state index < -0.39 is 26.8 Å². The normalized spacial score (nSPS) is 19.2. The molecule has 1 aromatic rings. The fourth-order valence-electron chi connectivity index (χ4n) is 1.74. The predicted octanol–water partition coefficient (Wildman–Crippen LogP) is 1.07. The Hall–Kier alpha value is -1.40. The molecule has 0 spiro atoms. The molecule has 1 saturated carbocycles. The summed E-state index contributed by atoms with van der Waals surface area (Å²) in [6.07, 6.45) is 1.19. The van der Waals surface area contributed by atoms with Crippen molar-refractivity contribution in [1.82, 2.24) is 4.72 Å². The summed E-state index contributed by atoms with van der Waals surface area (Å²) >= 11 is 0. The van der Waals surface area contributed by atoms with E-state index in [1.165, 1.54) is 6.92 Å². The lowest BCUT2D eigenvalue weighted by atomic mass is 9.94. The van der Waals surface area contributed by atoms with Crippen LogP contribution in [0.3, 0.4) is 0 Å². The Balaban J connectivity index is 2.36. The maximum atomic E-state index is 11.9. The van der Waals surface area contributed by atoms with E-state index in [9.17, 15) is 18.3 Å². The van der Waals surface area contributed by atoms with Crippen LogP contribution in [0.5, 0.6) is 0 Å². The van der Waals surface area contributed by atoms with E-state index in [-0.39, 0.29) is 0 Å². The van der Waals surface area contributed by atoms with Crippen molar-refractivity contribution in [2.75, 3.05) is 0 Å². The molecule has 98 valence electrons. The molecule has 0 radical (unpaired) electrons. The maximum Gasteiger partial charge on any atom is 0.329 e. The van der Waals surface area contributed by atoms with E-state index in [0.717, 1.165) is 0 Å². The first-order valence-corrected chi connectivity index (χ1v) is 7.22. The summed E-state index contributed by atoms with van der Waals surface area (Å²) in [5, 5.41) is 8.88. The van der Waals surface area contributed by atoms with Gasteiger partial charge in [-0.3, -0.25) is 0 Å². The van der Waals surface area contributed by atoms with Crippen LogP contribution < -0.4 is 4.72 Å². The van der Waals surface area contributed by atoms with Gasteiger partial charge in [-0.1, -0.05) is 30.3 Å². The minimum atomic E-state index is -3.57. The zero-order valence-electron chi connectivity index (χ0n) is 9.96. The SMILES string of the molecule is CC(NS(=O)(=O)C1CC1)(C(=O)O)c1ccccc1. The monoisotopic (exact) mass is 269 g/mol. The first kappa shape index (κ1) is 13.0. The van der Waals surface area contributed by atoms with E-state index in [4.69, 9.17) is 0 Å². The van der Waals surface area contributed by atoms with Gasteiger partial charge in [0.25, 0.3) is 0 Å². The largest absolute Gasteiger partial charge is 0.480 e. The molecule has 1 aliphatic rings. The molecule has 5 nitrogen and oxygen atoms in total. The summed E-state index contributed by atoms with van der Waals surface area (Å²) in [5.74, 6) is -1.21. The Morgan fingerprint density at radius 1 is 1.33 bits per heavy atom. The average Bonchev–Trinajstić information content (AvgIpc) is 3.13. The summed E-state index contributed by atoms with van der Waals surface area (Å²) < 4.78 is 26.1. The molecule has 0 aromatic heterocycles. The van der Waals surface area contributed by atoms with Gasteiger partial charge in [0.05, 0.1) is 5.25 Å². The van der Waals surface area contributed by atoms with Gasteiger partial charge < -0.3 is 5.11 Å². The number of hydrogen-bond acceptors (Lipinski definition) is 3. The van der Waals surface area contributed by atoms with Gasteiger partial charge in [-0.2, -0.15) is 4.72 Å². The summed E-state index contributed by atoms with van der Waals surface area (Å²) in [5.41, 5.74) is -1.20. The van der Waals surface area contributed by atoms with Crippen molar-refractivity contribution in [3.8, 4) is 0 Å². The third-order valence-electron chi connectivity index (χ3n) is 3.09. The van der Waals surface area contributed by atoms with Gasteiger partial charge in [0.2, 0.25) is 10.0 Å². The molecule has 1 atom stereocenters. The Morgan fingerprint density at radius 3 is 2.33 bits per heavy atom. The molecule has 6 heteroatoms. The molecule has 0 aliphatic heterocycles. The van der Waals surface area contributed by atoms with Gasteiger partial charge >= 0.3 is 5.97 Å². The molecule has 1 aromatic carbocycles. The standard InChI is InChI=1S/C12H15NO4S/c1-12(11(14)15,9-5-3-2-4-6-9)13-18(16,17)10-7-8-10/h2-6,10,13H,7-8H2,1H3,(H,14,15). The number of carbonyl (C=O) groups is 1. The number of aliphatic carboxylic acids is 1. The first-order valence-electron chi connectivity index (χ1n) is 5.68. The number of sulfonamides is 1. The molecular formula is C12H15NO4S. The van der Waals surface area contributed by atoms with Crippen molar-refractivity contribution >= 4 is 16.0 Å². The van der Waals surface area contributed by atoms with E-state index in [1.807, 2.05) is 0 Å². The minimum Gasteiger partial charge on any atom is -0.480 e. The molecule has 18 heavy (non-hydrogen) atoms. The average molecular weight is 269 g/mol. The summed E-state index contributed by atoms with van der Waals surface area (Å²) in [4.78, 5) is 11.4. The van der Waals surface area contributed by atoms with E-state index in [2.05, 4.69) is 4.72 Å². The van der Waals surface area contributed by atoms with Crippen LogP contribution in [0.4, 0.5) is 0 Å². The highest BCUT2D eigenvalue weighted by Crippen LogP contribution is 2.31. The molecule has 1 fully saturated rings. The van der Waals surface area contributed by atoms with Crippen molar-refractivity contribution in [2.24, 2.45) is 0 Å². The Bertz CT molecular complexity index is 551. The molecule has 1 unspecified atom stereocenters. The van der Waals surface area contributed by atoms with Gasteiger partial charge in [0, 0.05) is 0 Å². The minimum absolute atomic E-state index is 0.418. The molecule has 0 saturated heterocycles. The van der Waals surface area contributed by atoms with Gasteiger partial charge in [-0.25, -0.2) is 13.2 Å². The number of nitrogens with one attached hydrogen (secondary N) is 1. The quantitative estimate of drug-likeness (QED) is 0.837. The van der Waals surface area contributed by atoms with Crippen LogP contribution in [0, 0.1) is 0 Å². The van der Waals surface area contributed by atoms with Crippen LogP contribution in [0.15, 0.2) is 30.3 Å². The Labute approximate surface area is 106 Å². The van der Waals surface area contributed by atoms with Crippen molar-refractivity contribution in [2.45, 2.75) is 30.6 Å². The lowest BCUT2D eigenvalue weighted by molar-refractivity contribution is -0.143. The molecule has 1 aliphatic carbocycles. The van der Waals surface area contributed by atoms with E-state index >= 15 is 0 Å². The second kappa shape index (κ2) is 4.37. The predicted molar refractivity (Wildman–Crippen MR) is 66.5 cm³/mol. The van der Waals surface area contributed by atoms with E-state index in [0.29, 0.717) is 18.4 Å². The van der Waals surface area contributed by atoms with Crippen LogP contribution in [-0.4, -0.2) is 24.7 Å². The van der Waals surface area contributed by atoms with Gasteiger partial charge in [0.1, 0.15) is 0 Å². The summed E-state index contributed by atoms with van der Waals surface area (Å²) in [6.45, 7) is 1.37.